The van der Waals surface area contributed by atoms with Crippen LogP contribution in [0.4, 0.5) is 0 Å². The molecule has 104 valence electrons. The number of amides is 1. The Kier molecular flexibility index (Phi) is 5.01. The lowest BCUT2D eigenvalue weighted by molar-refractivity contribution is -0.132. The van der Waals surface area contributed by atoms with Gasteiger partial charge in [0.25, 0.3) is 0 Å². The molecule has 0 spiro atoms. The molecule has 18 heavy (non-hydrogen) atoms. The Balaban J connectivity index is 1.69. The molecule has 2 fully saturated rings. The fourth-order valence-corrected chi connectivity index (χ4v) is 2.65. The highest BCUT2D eigenvalue weighted by Gasteiger charge is 2.32. The summed E-state index contributed by atoms with van der Waals surface area (Å²) < 4.78 is 5.84. The van der Waals surface area contributed by atoms with Crippen LogP contribution in [-0.4, -0.2) is 49.2 Å². The van der Waals surface area contributed by atoms with Gasteiger partial charge in [-0.2, -0.15) is 0 Å². The molecule has 1 amide bonds. The van der Waals surface area contributed by atoms with E-state index in [1.807, 2.05) is 4.90 Å². The second-order valence-electron chi connectivity index (χ2n) is 5.90. The molecule has 2 aliphatic rings. The van der Waals surface area contributed by atoms with Gasteiger partial charge >= 0.3 is 0 Å². The Morgan fingerprint density at radius 1 is 1.44 bits per heavy atom. The summed E-state index contributed by atoms with van der Waals surface area (Å²) in [6.45, 7) is 7.88. The van der Waals surface area contributed by atoms with Crippen molar-refractivity contribution in [1.82, 2.24) is 10.2 Å². The molecule has 2 aliphatic heterocycles. The van der Waals surface area contributed by atoms with Crippen molar-refractivity contribution in [3.05, 3.63) is 0 Å². The number of rotatable bonds is 5. The molecule has 2 saturated heterocycles. The molecule has 2 atom stereocenters. The van der Waals surface area contributed by atoms with E-state index in [1.165, 1.54) is 0 Å². The van der Waals surface area contributed by atoms with Gasteiger partial charge in [0.15, 0.2) is 0 Å². The van der Waals surface area contributed by atoms with Crippen LogP contribution < -0.4 is 5.32 Å². The third-order valence-corrected chi connectivity index (χ3v) is 3.86. The minimum absolute atomic E-state index is 0.0689. The predicted molar refractivity (Wildman–Crippen MR) is 71.4 cm³/mol. The first-order valence-electron chi connectivity index (χ1n) is 7.30. The highest BCUT2D eigenvalue weighted by atomic mass is 16.5. The molecule has 2 unspecified atom stereocenters. The second kappa shape index (κ2) is 6.53. The number of likely N-dealkylation sites (tertiary alicyclic amines) is 1. The maximum atomic E-state index is 12.2. The highest BCUT2D eigenvalue weighted by Crippen LogP contribution is 2.17. The first kappa shape index (κ1) is 13.8. The molecular formula is C14H26N2O2. The van der Waals surface area contributed by atoms with Gasteiger partial charge in [0.05, 0.1) is 12.1 Å². The minimum atomic E-state index is 0.0689. The van der Waals surface area contributed by atoms with Crippen LogP contribution in [-0.2, 0) is 9.53 Å². The van der Waals surface area contributed by atoms with Gasteiger partial charge in [-0.3, -0.25) is 4.79 Å². The van der Waals surface area contributed by atoms with Crippen LogP contribution in [0.3, 0.4) is 0 Å². The first-order chi connectivity index (χ1) is 8.66. The van der Waals surface area contributed by atoms with Crippen LogP contribution in [0.15, 0.2) is 0 Å². The van der Waals surface area contributed by atoms with Gasteiger partial charge in [0.2, 0.25) is 5.91 Å². The maximum Gasteiger partial charge on any atom is 0.239 e. The van der Waals surface area contributed by atoms with E-state index < -0.39 is 0 Å². The molecule has 2 rings (SSSR count). The van der Waals surface area contributed by atoms with E-state index in [9.17, 15) is 4.79 Å². The van der Waals surface area contributed by atoms with Crippen LogP contribution >= 0.6 is 0 Å². The van der Waals surface area contributed by atoms with Crippen molar-refractivity contribution in [1.29, 1.82) is 0 Å². The van der Waals surface area contributed by atoms with Crippen molar-refractivity contribution in [2.24, 2.45) is 5.92 Å². The van der Waals surface area contributed by atoms with Crippen LogP contribution in [0, 0.1) is 5.92 Å². The molecule has 0 aromatic carbocycles. The van der Waals surface area contributed by atoms with Crippen molar-refractivity contribution < 1.29 is 9.53 Å². The van der Waals surface area contributed by atoms with Crippen LogP contribution in [0.2, 0.25) is 0 Å². The lowest BCUT2D eigenvalue weighted by Gasteiger charge is -2.20. The van der Waals surface area contributed by atoms with Gasteiger partial charge in [-0.1, -0.05) is 13.8 Å². The molecular weight excluding hydrogens is 228 g/mol. The zero-order chi connectivity index (χ0) is 13.0. The van der Waals surface area contributed by atoms with Gasteiger partial charge in [0.1, 0.15) is 0 Å². The largest absolute Gasteiger partial charge is 0.376 e. The van der Waals surface area contributed by atoms with Crippen molar-refractivity contribution in [2.45, 2.75) is 51.7 Å². The predicted octanol–water partition coefficient (Wildman–Crippen LogP) is 1.40. The average molecular weight is 254 g/mol. The molecule has 0 aromatic rings. The van der Waals surface area contributed by atoms with Crippen LogP contribution in [0.25, 0.3) is 0 Å². The summed E-state index contributed by atoms with van der Waals surface area (Å²) in [5.41, 5.74) is 0. The average Bonchev–Trinajstić information content (AvgIpc) is 2.99. The lowest BCUT2D eigenvalue weighted by atomic mass is 10.1. The summed E-state index contributed by atoms with van der Waals surface area (Å²) in [7, 11) is 0. The van der Waals surface area contributed by atoms with E-state index in [1.54, 1.807) is 0 Å². The third-order valence-electron chi connectivity index (χ3n) is 3.86. The van der Waals surface area contributed by atoms with E-state index in [4.69, 9.17) is 4.74 Å². The zero-order valence-electron chi connectivity index (χ0n) is 11.7. The summed E-state index contributed by atoms with van der Waals surface area (Å²) in [5, 5.41) is 3.27. The summed E-state index contributed by atoms with van der Waals surface area (Å²) in [4.78, 5) is 14.2. The van der Waals surface area contributed by atoms with Gasteiger partial charge in [-0.25, -0.2) is 0 Å². The van der Waals surface area contributed by atoms with E-state index in [0.717, 1.165) is 51.9 Å². The molecule has 0 aromatic heterocycles. The maximum absolute atomic E-state index is 12.2. The molecule has 0 aliphatic carbocycles. The highest BCUT2D eigenvalue weighted by molar-refractivity contribution is 5.82. The lowest BCUT2D eigenvalue weighted by Crippen LogP contribution is -2.42. The number of carbonyl (C=O) groups excluding carboxylic acids is 1. The number of nitrogens with one attached hydrogen (secondary N) is 1. The molecule has 4 nitrogen and oxygen atoms in total. The zero-order valence-corrected chi connectivity index (χ0v) is 11.7. The number of hydrogen-bond acceptors (Lipinski definition) is 3. The third kappa shape index (κ3) is 3.69. The molecule has 2 heterocycles. The van der Waals surface area contributed by atoms with Crippen LogP contribution in [0.5, 0.6) is 0 Å². The molecule has 1 N–H and O–H groups in total. The van der Waals surface area contributed by atoms with Crippen LogP contribution in [0.1, 0.15) is 39.5 Å². The molecule has 0 saturated carbocycles. The normalized spacial score (nSPS) is 28.3. The molecule has 0 radical (unpaired) electrons. The van der Waals surface area contributed by atoms with Gasteiger partial charge in [-0.15, -0.1) is 0 Å². The standard InChI is InChI=1S/C14H26N2O2/c1-11(2)6-9-18-12-5-8-16(10-12)14(17)13-4-3-7-15-13/h11-13,15H,3-10H2,1-2H3. The van der Waals surface area contributed by atoms with Gasteiger partial charge in [-0.05, 0) is 38.1 Å². The fourth-order valence-electron chi connectivity index (χ4n) is 2.65. The van der Waals surface area contributed by atoms with Gasteiger partial charge < -0.3 is 15.0 Å². The van der Waals surface area contributed by atoms with E-state index in [2.05, 4.69) is 19.2 Å². The molecule has 0 bridgehead atoms. The fraction of sp³-hybridized carbons (Fsp3) is 0.929. The Labute approximate surface area is 110 Å². The van der Waals surface area contributed by atoms with E-state index in [-0.39, 0.29) is 18.1 Å². The Morgan fingerprint density at radius 2 is 2.28 bits per heavy atom. The van der Waals surface area contributed by atoms with Gasteiger partial charge in [0, 0.05) is 19.7 Å². The Bertz CT molecular complexity index is 275. The summed E-state index contributed by atoms with van der Waals surface area (Å²) in [6.07, 6.45) is 4.48. The Hall–Kier alpha value is -0.610. The quantitative estimate of drug-likeness (QED) is 0.806. The summed E-state index contributed by atoms with van der Waals surface area (Å²) >= 11 is 0. The van der Waals surface area contributed by atoms with E-state index in [0.29, 0.717) is 5.92 Å². The number of carbonyl (C=O) groups is 1. The topological polar surface area (TPSA) is 41.6 Å². The van der Waals surface area contributed by atoms with Crippen molar-refractivity contribution in [2.75, 3.05) is 26.2 Å². The van der Waals surface area contributed by atoms with Crippen molar-refractivity contribution in [3.8, 4) is 0 Å². The number of ether oxygens (including phenoxy) is 1. The second-order valence-corrected chi connectivity index (χ2v) is 5.90. The minimum Gasteiger partial charge on any atom is -0.376 e. The molecule has 4 heteroatoms. The SMILES string of the molecule is CC(C)CCOC1CCN(C(=O)C2CCCN2)C1. The van der Waals surface area contributed by atoms with Crippen molar-refractivity contribution in [3.63, 3.8) is 0 Å². The summed E-state index contributed by atoms with van der Waals surface area (Å²) in [6, 6.07) is 0.0689. The van der Waals surface area contributed by atoms with Crippen molar-refractivity contribution >= 4 is 5.91 Å². The monoisotopic (exact) mass is 254 g/mol. The smallest absolute Gasteiger partial charge is 0.239 e. The summed E-state index contributed by atoms with van der Waals surface area (Å²) in [5.74, 6) is 0.967. The Morgan fingerprint density at radius 3 is 2.94 bits per heavy atom. The number of hydrogen-bond donors (Lipinski definition) is 1. The number of nitrogens with zero attached hydrogens (tertiary/aromatic N) is 1. The first-order valence-corrected chi connectivity index (χ1v) is 7.30. The van der Waals surface area contributed by atoms with E-state index >= 15 is 0 Å².